The maximum absolute atomic E-state index is 12.6. The van der Waals surface area contributed by atoms with Crippen LogP contribution in [-0.2, 0) is 29.6 Å². The van der Waals surface area contributed by atoms with Crippen LogP contribution in [0.3, 0.4) is 0 Å². The minimum Gasteiger partial charge on any atom is -0.444 e. The van der Waals surface area contributed by atoms with Gasteiger partial charge in [-0.1, -0.05) is 23.4 Å². The van der Waals surface area contributed by atoms with Crippen LogP contribution in [0.4, 0.5) is 5.69 Å². The smallest absolute Gasteiger partial charge is 0.331 e. The number of benzene rings is 1. The third kappa shape index (κ3) is 2.69. The summed E-state index contributed by atoms with van der Waals surface area (Å²) >= 11 is 0. The summed E-state index contributed by atoms with van der Waals surface area (Å²) in [6.45, 7) is 2.45. The van der Waals surface area contributed by atoms with E-state index in [-0.39, 0.29) is 12.3 Å². The number of carbonyl (C=O) groups is 3. The summed E-state index contributed by atoms with van der Waals surface area (Å²) in [6.07, 6.45) is 1.22. The molecule has 0 radical (unpaired) electrons. The predicted molar refractivity (Wildman–Crippen MR) is 78.2 cm³/mol. The van der Waals surface area contributed by atoms with E-state index in [1.54, 1.807) is 31.3 Å². The highest BCUT2D eigenvalue weighted by Gasteiger charge is 2.52. The summed E-state index contributed by atoms with van der Waals surface area (Å²) in [5, 5.41) is 3.48. The van der Waals surface area contributed by atoms with Gasteiger partial charge in [0.1, 0.15) is 0 Å². The second-order valence-corrected chi connectivity index (χ2v) is 4.88. The van der Waals surface area contributed by atoms with Crippen molar-refractivity contribution in [3.05, 3.63) is 29.8 Å². The number of fused-ring (bicyclic) bond motifs is 1. The topological polar surface area (TPSA) is 85.3 Å². The van der Waals surface area contributed by atoms with Crippen LogP contribution in [0.1, 0.15) is 25.8 Å². The van der Waals surface area contributed by atoms with Gasteiger partial charge in [0.2, 0.25) is 5.60 Å². The Bertz CT molecular complexity index is 655. The molecule has 0 spiro atoms. The minimum atomic E-state index is -1.49. The zero-order chi connectivity index (χ0) is 16.3. The first kappa shape index (κ1) is 15.7. The van der Waals surface area contributed by atoms with Gasteiger partial charge >= 0.3 is 11.9 Å². The van der Waals surface area contributed by atoms with E-state index in [1.807, 2.05) is 0 Å². The number of likely N-dealkylation sites (N-methyl/N-ethyl adjacent to an activating group) is 1. The van der Waals surface area contributed by atoms with Crippen molar-refractivity contribution in [2.45, 2.75) is 25.9 Å². The van der Waals surface area contributed by atoms with Gasteiger partial charge in [-0.05, 0) is 6.07 Å². The van der Waals surface area contributed by atoms with Gasteiger partial charge in [0.05, 0.1) is 5.69 Å². The van der Waals surface area contributed by atoms with Gasteiger partial charge in [-0.3, -0.25) is 9.59 Å². The van der Waals surface area contributed by atoms with Crippen LogP contribution in [0.15, 0.2) is 29.4 Å². The molecule has 1 aliphatic rings. The highest BCUT2D eigenvalue weighted by Crippen LogP contribution is 2.43. The monoisotopic (exact) mass is 304 g/mol. The number of amides is 1. The van der Waals surface area contributed by atoms with Crippen molar-refractivity contribution in [2.24, 2.45) is 5.16 Å². The first-order valence-electron chi connectivity index (χ1n) is 6.65. The fourth-order valence-corrected chi connectivity index (χ4v) is 2.46. The van der Waals surface area contributed by atoms with Crippen LogP contribution >= 0.6 is 0 Å². The van der Waals surface area contributed by atoms with Gasteiger partial charge < -0.3 is 14.5 Å². The molecule has 7 heteroatoms. The van der Waals surface area contributed by atoms with Crippen molar-refractivity contribution in [1.29, 1.82) is 0 Å². The Labute approximate surface area is 127 Å². The normalized spacial score (nSPS) is 20.1. The molecule has 1 aromatic carbocycles. The van der Waals surface area contributed by atoms with Crippen LogP contribution in [-0.4, -0.2) is 31.1 Å². The Kier molecular flexibility index (Phi) is 4.25. The van der Waals surface area contributed by atoms with E-state index in [2.05, 4.69) is 9.99 Å². The number of ether oxygens (including phenoxy) is 1. The van der Waals surface area contributed by atoms with E-state index >= 15 is 0 Å². The van der Waals surface area contributed by atoms with E-state index in [9.17, 15) is 14.4 Å². The number of para-hydroxylation sites is 1. The number of hydrogen-bond acceptors (Lipinski definition) is 6. The quantitative estimate of drug-likeness (QED) is 0.363. The predicted octanol–water partition coefficient (Wildman–Crippen LogP) is 1.36. The van der Waals surface area contributed by atoms with Crippen LogP contribution in [0, 0.1) is 0 Å². The first-order valence-corrected chi connectivity index (χ1v) is 6.65. The third-order valence-corrected chi connectivity index (χ3v) is 3.30. The molecule has 0 saturated heterocycles. The van der Waals surface area contributed by atoms with E-state index in [1.165, 1.54) is 25.0 Å². The molecule has 1 aliphatic heterocycles. The highest BCUT2D eigenvalue weighted by molar-refractivity contribution is 6.08. The van der Waals surface area contributed by atoms with Crippen molar-refractivity contribution in [3.63, 3.8) is 0 Å². The maximum Gasteiger partial charge on any atom is 0.331 e. The van der Waals surface area contributed by atoms with Crippen molar-refractivity contribution in [3.8, 4) is 0 Å². The summed E-state index contributed by atoms with van der Waals surface area (Å²) in [4.78, 5) is 40.7. The van der Waals surface area contributed by atoms with Crippen molar-refractivity contribution in [1.82, 2.24) is 0 Å². The van der Waals surface area contributed by atoms with E-state index in [4.69, 9.17) is 4.74 Å². The standard InChI is InChI=1S/C15H16N2O5/c1-10(18)21-15(8-9-16-22-11(2)19)12-6-4-5-7-13(12)17(3)14(15)20/h4-7,9H,8H2,1-3H3. The zero-order valence-electron chi connectivity index (χ0n) is 12.5. The van der Waals surface area contributed by atoms with E-state index in [0.29, 0.717) is 11.3 Å². The van der Waals surface area contributed by atoms with Crippen LogP contribution in [0.5, 0.6) is 0 Å². The Morgan fingerprint density at radius 3 is 2.59 bits per heavy atom. The number of esters is 1. The molecule has 0 aliphatic carbocycles. The summed E-state index contributed by atoms with van der Waals surface area (Å²) in [5.74, 6) is -1.54. The Hall–Kier alpha value is -2.70. The van der Waals surface area contributed by atoms with Gasteiger partial charge in [-0.2, -0.15) is 0 Å². The molecule has 0 fully saturated rings. The molecule has 1 amide bonds. The second kappa shape index (κ2) is 5.97. The SMILES string of the molecule is CC(=O)ON=CCC1(OC(C)=O)C(=O)N(C)c2ccccc21. The van der Waals surface area contributed by atoms with Gasteiger partial charge in [0.15, 0.2) is 0 Å². The lowest BCUT2D eigenvalue weighted by atomic mass is 9.92. The maximum atomic E-state index is 12.6. The number of oxime groups is 1. The lowest BCUT2D eigenvalue weighted by molar-refractivity contribution is -0.164. The molecular formula is C15H16N2O5. The van der Waals surface area contributed by atoms with E-state index in [0.717, 1.165) is 0 Å². The van der Waals surface area contributed by atoms with Gasteiger partial charge in [-0.15, -0.1) is 0 Å². The molecule has 2 rings (SSSR count). The zero-order valence-corrected chi connectivity index (χ0v) is 12.5. The lowest BCUT2D eigenvalue weighted by Gasteiger charge is -2.26. The molecule has 1 atom stereocenters. The second-order valence-electron chi connectivity index (χ2n) is 4.88. The van der Waals surface area contributed by atoms with Crippen LogP contribution in [0.2, 0.25) is 0 Å². The number of anilines is 1. The van der Waals surface area contributed by atoms with Crippen molar-refractivity contribution < 1.29 is 24.0 Å². The van der Waals surface area contributed by atoms with Gasteiger partial charge in [0.25, 0.3) is 5.91 Å². The number of hydrogen-bond donors (Lipinski definition) is 0. The van der Waals surface area contributed by atoms with Crippen molar-refractivity contribution >= 4 is 29.7 Å². The Balaban J connectivity index is 2.41. The molecule has 0 N–H and O–H groups in total. The average Bonchev–Trinajstić information content (AvgIpc) is 2.66. The Morgan fingerprint density at radius 1 is 1.27 bits per heavy atom. The summed E-state index contributed by atoms with van der Waals surface area (Å²) in [6, 6.07) is 7.03. The summed E-state index contributed by atoms with van der Waals surface area (Å²) in [5.41, 5.74) is -0.248. The molecule has 1 heterocycles. The number of nitrogens with zero attached hydrogens (tertiary/aromatic N) is 2. The number of carbonyl (C=O) groups excluding carboxylic acids is 3. The molecule has 116 valence electrons. The molecule has 0 bridgehead atoms. The van der Waals surface area contributed by atoms with E-state index < -0.39 is 17.5 Å². The largest absolute Gasteiger partial charge is 0.444 e. The highest BCUT2D eigenvalue weighted by atomic mass is 16.7. The molecule has 7 nitrogen and oxygen atoms in total. The summed E-state index contributed by atoms with van der Waals surface area (Å²) < 4.78 is 5.35. The lowest BCUT2D eigenvalue weighted by Crippen LogP contribution is -2.42. The fraction of sp³-hybridized carbons (Fsp3) is 0.333. The van der Waals surface area contributed by atoms with Gasteiger partial charge in [0, 0.05) is 39.1 Å². The van der Waals surface area contributed by atoms with Crippen LogP contribution in [0.25, 0.3) is 0 Å². The third-order valence-electron chi connectivity index (χ3n) is 3.30. The average molecular weight is 304 g/mol. The minimum absolute atomic E-state index is 0.0277. The number of rotatable bonds is 4. The molecule has 0 aromatic heterocycles. The van der Waals surface area contributed by atoms with Crippen LogP contribution < -0.4 is 4.90 Å². The first-order chi connectivity index (χ1) is 10.4. The molecular weight excluding hydrogens is 288 g/mol. The van der Waals surface area contributed by atoms with Crippen molar-refractivity contribution in [2.75, 3.05) is 11.9 Å². The fourth-order valence-electron chi connectivity index (χ4n) is 2.46. The molecule has 1 aromatic rings. The molecule has 22 heavy (non-hydrogen) atoms. The molecule has 1 unspecified atom stereocenters. The summed E-state index contributed by atoms with van der Waals surface area (Å²) in [7, 11) is 1.61. The van der Waals surface area contributed by atoms with Gasteiger partial charge in [-0.25, -0.2) is 4.79 Å². The molecule has 0 saturated carbocycles. The Morgan fingerprint density at radius 2 is 1.95 bits per heavy atom.